The minimum Gasteiger partial charge on any atom is -0.480 e. The Morgan fingerprint density at radius 2 is 1.96 bits per heavy atom. The molecule has 3 rings (SSSR count). The maximum Gasteiger partial charge on any atom is 0.253 e. The molecule has 0 atom stereocenters. The van der Waals surface area contributed by atoms with Crippen LogP contribution in [0.5, 0.6) is 11.8 Å². The number of benzene rings is 1. The Hall–Kier alpha value is -2.41. The van der Waals surface area contributed by atoms with E-state index >= 15 is 0 Å². The van der Waals surface area contributed by atoms with Gasteiger partial charge in [0.25, 0.3) is 5.91 Å². The Labute approximate surface area is 155 Å². The van der Waals surface area contributed by atoms with E-state index in [0.717, 1.165) is 31.7 Å². The summed E-state index contributed by atoms with van der Waals surface area (Å²) in [6.07, 6.45) is 6.17. The second-order valence-electron chi connectivity index (χ2n) is 6.09. The van der Waals surface area contributed by atoms with Crippen LogP contribution >= 0.6 is 11.6 Å². The molecule has 0 aliphatic heterocycles. The van der Waals surface area contributed by atoms with E-state index in [2.05, 4.69) is 15.3 Å². The van der Waals surface area contributed by atoms with Crippen molar-refractivity contribution in [1.82, 2.24) is 15.3 Å². The number of carbonyl (C=O) groups is 1. The van der Waals surface area contributed by atoms with Gasteiger partial charge in [-0.2, -0.15) is 4.98 Å². The highest BCUT2D eigenvalue weighted by Crippen LogP contribution is 2.24. The lowest BCUT2D eigenvalue weighted by Gasteiger charge is -2.29. The van der Waals surface area contributed by atoms with Crippen LogP contribution in [0.4, 0.5) is 4.39 Å². The van der Waals surface area contributed by atoms with Crippen molar-refractivity contribution in [3.05, 3.63) is 47.0 Å². The summed E-state index contributed by atoms with van der Waals surface area (Å²) < 4.78 is 24.0. The molecule has 1 aromatic heterocycles. The molecule has 1 aliphatic carbocycles. The quantitative estimate of drug-likeness (QED) is 0.861. The maximum atomic E-state index is 13.1. The molecule has 1 fully saturated rings. The number of hydrogen-bond donors (Lipinski definition) is 1. The van der Waals surface area contributed by atoms with E-state index in [1.54, 1.807) is 6.20 Å². The lowest BCUT2D eigenvalue weighted by Crippen LogP contribution is -2.39. The molecule has 138 valence electrons. The van der Waals surface area contributed by atoms with Crippen molar-refractivity contribution in [3.8, 4) is 11.8 Å². The van der Waals surface area contributed by atoms with Crippen LogP contribution in [0.15, 0.2) is 30.6 Å². The monoisotopic (exact) mass is 379 g/mol. The number of carbonyl (C=O) groups excluding carboxylic acids is 1. The molecule has 1 aliphatic rings. The van der Waals surface area contributed by atoms with Crippen LogP contribution in [0.2, 0.25) is 5.02 Å². The van der Waals surface area contributed by atoms with Crippen LogP contribution in [0.1, 0.15) is 36.0 Å². The van der Waals surface area contributed by atoms with Crippen LogP contribution < -0.4 is 14.8 Å². The number of halogens is 2. The van der Waals surface area contributed by atoms with Crippen molar-refractivity contribution in [2.45, 2.75) is 37.8 Å². The number of hydrogen-bond acceptors (Lipinski definition) is 5. The number of nitrogens with zero attached hydrogens (tertiary/aromatic N) is 2. The van der Waals surface area contributed by atoms with Crippen LogP contribution in [0.3, 0.4) is 0 Å². The number of rotatable bonds is 5. The summed E-state index contributed by atoms with van der Waals surface area (Å²) in [6, 6.07) is 3.78. The summed E-state index contributed by atoms with van der Waals surface area (Å²) in [6.45, 7) is 0. The molecule has 2 aromatic rings. The normalized spacial score (nSPS) is 19.7. The number of aromatic nitrogens is 2. The number of methoxy groups -OCH3 is 1. The van der Waals surface area contributed by atoms with E-state index in [-0.39, 0.29) is 28.6 Å². The van der Waals surface area contributed by atoms with Gasteiger partial charge in [-0.25, -0.2) is 4.39 Å². The van der Waals surface area contributed by atoms with Crippen molar-refractivity contribution >= 4 is 17.5 Å². The molecule has 0 saturated heterocycles. The minimum atomic E-state index is -0.468. The van der Waals surface area contributed by atoms with E-state index in [1.807, 2.05) is 0 Å². The largest absolute Gasteiger partial charge is 0.480 e. The first-order valence-electron chi connectivity index (χ1n) is 8.33. The molecule has 0 bridgehead atoms. The summed E-state index contributed by atoms with van der Waals surface area (Å²) in [5.74, 6) is 0.0671. The Kier molecular flexibility index (Phi) is 5.88. The standard InChI is InChI=1S/C18H19ClFN3O3/c1-25-16-9-21-10-17(23-16)26-13-5-3-12(4-6-13)22-18(24)14-7-2-11(20)8-15(14)19/h2,7-10,12-13H,3-6H2,1H3,(H,22,24). The van der Waals surface area contributed by atoms with Crippen LogP contribution in [0, 0.1) is 5.82 Å². The SMILES string of the molecule is COc1cncc(OC2CCC(NC(=O)c3ccc(F)cc3Cl)CC2)n1. The van der Waals surface area contributed by atoms with Gasteiger partial charge >= 0.3 is 0 Å². The van der Waals surface area contributed by atoms with E-state index in [9.17, 15) is 9.18 Å². The fourth-order valence-corrected chi connectivity index (χ4v) is 3.17. The Morgan fingerprint density at radius 1 is 1.23 bits per heavy atom. The third-order valence-corrected chi connectivity index (χ3v) is 4.58. The van der Waals surface area contributed by atoms with E-state index in [0.29, 0.717) is 11.8 Å². The molecule has 1 saturated carbocycles. The Morgan fingerprint density at radius 3 is 2.65 bits per heavy atom. The van der Waals surface area contributed by atoms with Crippen molar-refractivity contribution in [2.75, 3.05) is 7.11 Å². The third kappa shape index (κ3) is 4.60. The minimum absolute atomic E-state index is 0.0129. The Bertz CT molecular complexity index is 782. The predicted octanol–water partition coefficient (Wildman–Crippen LogP) is 3.40. The van der Waals surface area contributed by atoms with Crippen LogP contribution in [-0.4, -0.2) is 35.1 Å². The van der Waals surface area contributed by atoms with E-state index in [1.165, 1.54) is 25.4 Å². The molecule has 1 N–H and O–H groups in total. The first-order valence-corrected chi connectivity index (χ1v) is 8.71. The van der Waals surface area contributed by atoms with Gasteiger partial charge in [-0.05, 0) is 43.9 Å². The Balaban J connectivity index is 1.51. The van der Waals surface area contributed by atoms with Gasteiger partial charge in [-0.1, -0.05) is 11.6 Å². The fourth-order valence-electron chi connectivity index (χ4n) is 2.92. The van der Waals surface area contributed by atoms with Gasteiger partial charge in [0.05, 0.1) is 30.1 Å². The maximum absolute atomic E-state index is 13.1. The lowest BCUT2D eigenvalue weighted by atomic mass is 9.92. The highest BCUT2D eigenvalue weighted by atomic mass is 35.5. The lowest BCUT2D eigenvalue weighted by molar-refractivity contribution is 0.0889. The predicted molar refractivity (Wildman–Crippen MR) is 94.1 cm³/mol. The molecular formula is C18H19ClFN3O3. The van der Waals surface area contributed by atoms with Gasteiger partial charge in [0.15, 0.2) is 0 Å². The topological polar surface area (TPSA) is 73.3 Å². The van der Waals surface area contributed by atoms with Gasteiger partial charge in [0, 0.05) is 6.04 Å². The zero-order chi connectivity index (χ0) is 18.5. The number of amides is 1. The van der Waals surface area contributed by atoms with Crippen LogP contribution in [0.25, 0.3) is 0 Å². The summed E-state index contributed by atoms with van der Waals surface area (Å²) in [5.41, 5.74) is 0.276. The molecule has 1 heterocycles. The van der Waals surface area contributed by atoms with Gasteiger partial charge in [-0.15, -0.1) is 0 Å². The summed E-state index contributed by atoms with van der Waals surface area (Å²) >= 11 is 5.94. The van der Waals surface area contributed by atoms with Crippen molar-refractivity contribution in [3.63, 3.8) is 0 Å². The summed E-state index contributed by atoms with van der Waals surface area (Å²) in [5, 5.41) is 3.06. The smallest absolute Gasteiger partial charge is 0.253 e. The zero-order valence-corrected chi connectivity index (χ0v) is 15.0. The molecule has 1 amide bonds. The first-order chi connectivity index (χ1) is 12.5. The van der Waals surface area contributed by atoms with E-state index < -0.39 is 5.82 Å². The molecular weight excluding hydrogens is 361 g/mol. The van der Waals surface area contributed by atoms with Crippen LogP contribution in [-0.2, 0) is 0 Å². The fraction of sp³-hybridized carbons (Fsp3) is 0.389. The zero-order valence-electron chi connectivity index (χ0n) is 14.2. The highest BCUT2D eigenvalue weighted by molar-refractivity contribution is 6.33. The molecule has 0 spiro atoms. The van der Waals surface area contributed by atoms with Crippen molar-refractivity contribution in [2.24, 2.45) is 0 Å². The average molecular weight is 380 g/mol. The average Bonchev–Trinajstić information content (AvgIpc) is 2.63. The number of nitrogens with one attached hydrogen (secondary N) is 1. The molecule has 1 aromatic carbocycles. The van der Waals surface area contributed by atoms with Gasteiger partial charge in [0.2, 0.25) is 11.8 Å². The van der Waals surface area contributed by atoms with Crippen molar-refractivity contribution < 1.29 is 18.7 Å². The van der Waals surface area contributed by atoms with Crippen molar-refractivity contribution in [1.29, 1.82) is 0 Å². The molecule has 8 heteroatoms. The second-order valence-corrected chi connectivity index (χ2v) is 6.50. The first kappa shape index (κ1) is 18.4. The third-order valence-electron chi connectivity index (χ3n) is 4.27. The van der Waals surface area contributed by atoms with Gasteiger partial charge < -0.3 is 14.8 Å². The summed E-state index contributed by atoms with van der Waals surface area (Å²) in [7, 11) is 1.52. The summed E-state index contributed by atoms with van der Waals surface area (Å²) in [4.78, 5) is 20.5. The second kappa shape index (κ2) is 8.31. The highest BCUT2D eigenvalue weighted by Gasteiger charge is 2.25. The van der Waals surface area contributed by atoms with Gasteiger partial charge in [0.1, 0.15) is 11.9 Å². The van der Waals surface area contributed by atoms with Gasteiger partial charge in [-0.3, -0.25) is 9.78 Å². The molecule has 0 radical (unpaired) electrons. The van der Waals surface area contributed by atoms with E-state index in [4.69, 9.17) is 21.1 Å². The molecule has 6 nitrogen and oxygen atoms in total. The molecule has 26 heavy (non-hydrogen) atoms. The molecule has 0 unspecified atom stereocenters. The number of ether oxygens (including phenoxy) is 2.